The smallest absolute Gasteiger partial charge is 0.330 e. The maximum Gasteiger partial charge on any atom is 0.330 e. The molecule has 2 N–H and O–H groups in total. The lowest BCUT2D eigenvalue weighted by Gasteiger charge is -2.22. The highest BCUT2D eigenvalue weighted by atomic mass is 16.5. The number of hydrogen-bond acceptors (Lipinski definition) is 4. The van der Waals surface area contributed by atoms with Crippen LogP contribution in [0.25, 0.3) is 0 Å². The predicted octanol–water partition coefficient (Wildman–Crippen LogP) is 5.45. The standard InChI is InChI=1S/C15H28O2.C8H12O4/c1-5-14(17-15(16)6-2)12-10-8-7-9-11-13(3)4;9-7(10)5-1-2-6(4-3-5)8(11)12/h6,13-14H,2,5,7-12H2,1,3-4H3;5-6H,1-4H2,(H,9,10)(H,11,12). The number of rotatable bonds is 12. The van der Waals surface area contributed by atoms with Gasteiger partial charge in [0.2, 0.25) is 0 Å². The molecule has 0 heterocycles. The number of carboxylic acid groups (broad SMARTS) is 2. The molecule has 1 atom stereocenters. The molecule has 29 heavy (non-hydrogen) atoms. The van der Waals surface area contributed by atoms with Gasteiger partial charge in [0, 0.05) is 6.08 Å². The second kappa shape index (κ2) is 16.0. The van der Waals surface area contributed by atoms with Gasteiger partial charge in [-0.2, -0.15) is 0 Å². The van der Waals surface area contributed by atoms with Crippen molar-refractivity contribution in [1.82, 2.24) is 0 Å². The first-order chi connectivity index (χ1) is 13.7. The fourth-order valence-electron chi connectivity index (χ4n) is 3.42. The summed E-state index contributed by atoms with van der Waals surface area (Å²) in [5.74, 6) is -1.71. The Hall–Kier alpha value is -1.85. The van der Waals surface area contributed by atoms with Gasteiger partial charge in [-0.05, 0) is 50.9 Å². The van der Waals surface area contributed by atoms with Crippen molar-refractivity contribution in [2.75, 3.05) is 0 Å². The van der Waals surface area contributed by atoms with Gasteiger partial charge in [0.15, 0.2) is 0 Å². The van der Waals surface area contributed by atoms with Gasteiger partial charge in [-0.25, -0.2) is 4.79 Å². The number of carbonyl (C=O) groups is 3. The molecule has 0 spiro atoms. The third-order valence-corrected chi connectivity index (χ3v) is 5.39. The minimum absolute atomic E-state index is 0.0746. The van der Waals surface area contributed by atoms with Crippen molar-refractivity contribution in [2.24, 2.45) is 17.8 Å². The molecule has 0 saturated heterocycles. The molecule has 0 aromatic carbocycles. The molecule has 168 valence electrons. The van der Waals surface area contributed by atoms with Gasteiger partial charge in [0.05, 0.1) is 11.8 Å². The third kappa shape index (κ3) is 13.9. The highest BCUT2D eigenvalue weighted by molar-refractivity contribution is 5.81. The first-order valence-electron chi connectivity index (χ1n) is 11.0. The Bertz CT molecular complexity index is 470. The number of unbranched alkanes of at least 4 members (excludes halogenated alkanes) is 3. The lowest BCUT2D eigenvalue weighted by molar-refractivity contribution is -0.148. The molecule has 0 aromatic heterocycles. The summed E-state index contributed by atoms with van der Waals surface area (Å²) in [6.07, 6.45) is 11.6. The normalized spacial score (nSPS) is 19.6. The first kappa shape index (κ1) is 27.1. The van der Waals surface area contributed by atoms with Crippen LogP contribution in [0.5, 0.6) is 0 Å². The van der Waals surface area contributed by atoms with E-state index in [1.807, 2.05) is 0 Å². The van der Waals surface area contributed by atoms with Crippen molar-refractivity contribution in [3.05, 3.63) is 12.7 Å². The van der Waals surface area contributed by atoms with Gasteiger partial charge < -0.3 is 14.9 Å². The van der Waals surface area contributed by atoms with Crippen molar-refractivity contribution in [3.63, 3.8) is 0 Å². The van der Waals surface area contributed by atoms with E-state index in [2.05, 4.69) is 27.4 Å². The van der Waals surface area contributed by atoms with Gasteiger partial charge >= 0.3 is 17.9 Å². The Morgan fingerprint density at radius 2 is 1.38 bits per heavy atom. The monoisotopic (exact) mass is 412 g/mol. The van der Waals surface area contributed by atoms with E-state index in [9.17, 15) is 14.4 Å². The number of hydrogen-bond donors (Lipinski definition) is 2. The second-order valence-corrected chi connectivity index (χ2v) is 8.28. The summed E-state index contributed by atoms with van der Waals surface area (Å²) in [5, 5.41) is 17.2. The molecule has 1 saturated carbocycles. The third-order valence-electron chi connectivity index (χ3n) is 5.39. The Balaban J connectivity index is 0.000000571. The lowest BCUT2D eigenvalue weighted by atomic mass is 9.82. The molecule has 1 rings (SSSR count). The average molecular weight is 413 g/mol. The minimum Gasteiger partial charge on any atom is -0.481 e. The Labute approximate surface area is 175 Å². The van der Waals surface area contributed by atoms with Crippen molar-refractivity contribution in [1.29, 1.82) is 0 Å². The van der Waals surface area contributed by atoms with Gasteiger partial charge in [-0.1, -0.05) is 53.0 Å². The molecule has 0 amide bonds. The van der Waals surface area contributed by atoms with Crippen LogP contribution in [0.4, 0.5) is 0 Å². The molecule has 6 nitrogen and oxygen atoms in total. The molecule has 0 aliphatic heterocycles. The van der Waals surface area contributed by atoms with E-state index in [1.165, 1.54) is 31.8 Å². The molecule has 1 aliphatic carbocycles. The second-order valence-electron chi connectivity index (χ2n) is 8.28. The zero-order chi connectivity index (χ0) is 22.2. The van der Waals surface area contributed by atoms with E-state index in [4.69, 9.17) is 14.9 Å². The van der Waals surface area contributed by atoms with Crippen molar-refractivity contribution < 1.29 is 29.3 Å². The molecule has 1 unspecified atom stereocenters. The van der Waals surface area contributed by atoms with E-state index in [-0.39, 0.29) is 23.9 Å². The van der Waals surface area contributed by atoms with Crippen LogP contribution in [0.1, 0.15) is 91.4 Å². The van der Waals surface area contributed by atoms with Crippen LogP contribution in [0.3, 0.4) is 0 Å². The zero-order valence-corrected chi connectivity index (χ0v) is 18.4. The van der Waals surface area contributed by atoms with Gasteiger partial charge in [-0.3, -0.25) is 9.59 Å². The summed E-state index contributed by atoms with van der Waals surface area (Å²) in [4.78, 5) is 32.0. The summed E-state index contributed by atoms with van der Waals surface area (Å²) in [6, 6.07) is 0. The van der Waals surface area contributed by atoms with Gasteiger partial charge in [-0.15, -0.1) is 0 Å². The van der Waals surface area contributed by atoms with Crippen LogP contribution >= 0.6 is 0 Å². The van der Waals surface area contributed by atoms with Crippen LogP contribution < -0.4 is 0 Å². The minimum atomic E-state index is -0.793. The van der Waals surface area contributed by atoms with Crippen LogP contribution in [0.2, 0.25) is 0 Å². The fourth-order valence-corrected chi connectivity index (χ4v) is 3.42. The average Bonchev–Trinajstić information content (AvgIpc) is 2.69. The summed E-state index contributed by atoms with van der Waals surface area (Å²) in [7, 11) is 0. The van der Waals surface area contributed by atoms with E-state index < -0.39 is 11.9 Å². The molecule has 0 bridgehead atoms. The van der Waals surface area contributed by atoms with Crippen molar-refractivity contribution >= 4 is 17.9 Å². The van der Waals surface area contributed by atoms with Crippen molar-refractivity contribution in [3.8, 4) is 0 Å². The predicted molar refractivity (Wildman–Crippen MR) is 114 cm³/mol. The highest BCUT2D eigenvalue weighted by Gasteiger charge is 2.29. The van der Waals surface area contributed by atoms with E-state index >= 15 is 0 Å². The number of carbonyl (C=O) groups excluding carboxylic acids is 1. The summed E-state index contributed by atoms with van der Waals surface area (Å²) < 4.78 is 5.24. The molecule has 0 aromatic rings. The first-order valence-corrected chi connectivity index (χ1v) is 11.0. The summed E-state index contributed by atoms with van der Waals surface area (Å²) >= 11 is 0. The zero-order valence-electron chi connectivity index (χ0n) is 18.4. The van der Waals surface area contributed by atoms with Crippen LogP contribution in [0.15, 0.2) is 12.7 Å². The summed E-state index contributed by atoms with van der Waals surface area (Å²) in [5.41, 5.74) is 0. The Morgan fingerprint density at radius 3 is 1.72 bits per heavy atom. The van der Waals surface area contributed by atoms with Crippen LogP contribution in [-0.2, 0) is 19.1 Å². The van der Waals surface area contributed by atoms with E-state index in [0.717, 1.165) is 25.2 Å². The maximum atomic E-state index is 11.1. The number of carboxylic acids is 2. The molecule has 1 fully saturated rings. The number of ether oxygens (including phenoxy) is 1. The number of esters is 1. The van der Waals surface area contributed by atoms with E-state index in [0.29, 0.717) is 25.7 Å². The fraction of sp³-hybridized carbons (Fsp3) is 0.783. The summed E-state index contributed by atoms with van der Waals surface area (Å²) in [6.45, 7) is 10.00. The van der Waals surface area contributed by atoms with E-state index in [1.54, 1.807) is 0 Å². The molecular weight excluding hydrogens is 372 g/mol. The van der Waals surface area contributed by atoms with Crippen molar-refractivity contribution in [2.45, 2.75) is 97.5 Å². The largest absolute Gasteiger partial charge is 0.481 e. The van der Waals surface area contributed by atoms with Crippen LogP contribution in [0, 0.1) is 17.8 Å². The molecule has 1 aliphatic rings. The lowest BCUT2D eigenvalue weighted by Crippen LogP contribution is -2.25. The number of aliphatic carboxylic acids is 2. The Kier molecular flexibility index (Phi) is 15.0. The van der Waals surface area contributed by atoms with Crippen LogP contribution in [-0.4, -0.2) is 34.2 Å². The van der Waals surface area contributed by atoms with Gasteiger partial charge in [0.1, 0.15) is 6.10 Å². The van der Waals surface area contributed by atoms with Gasteiger partial charge in [0.25, 0.3) is 0 Å². The highest BCUT2D eigenvalue weighted by Crippen LogP contribution is 2.28. The molecular formula is C23H40O6. The SMILES string of the molecule is C=CC(=O)OC(CC)CCCCCCC(C)C.O=C(O)C1CCC(C(=O)O)CC1. The topological polar surface area (TPSA) is 101 Å². The molecule has 0 radical (unpaired) electrons. The Morgan fingerprint density at radius 1 is 0.931 bits per heavy atom. The maximum absolute atomic E-state index is 11.1. The quantitative estimate of drug-likeness (QED) is 0.251. The molecule has 6 heteroatoms.